The van der Waals surface area contributed by atoms with Gasteiger partial charge >= 0.3 is 6.18 Å². The van der Waals surface area contributed by atoms with Gasteiger partial charge in [0.2, 0.25) is 5.91 Å². The van der Waals surface area contributed by atoms with Crippen LogP contribution in [0, 0.1) is 0 Å². The number of benzene rings is 1. The van der Waals surface area contributed by atoms with Crippen LogP contribution in [0.4, 0.5) is 18.9 Å². The van der Waals surface area contributed by atoms with Crippen LogP contribution in [0.5, 0.6) is 0 Å². The van der Waals surface area contributed by atoms with E-state index in [0.717, 1.165) is 18.9 Å². The Bertz CT molecular complexity index is 502. The Balaban J connectivity index is 1.77. The zero-order valence-corrected chi connectivity index (χ0v) is 13.6. The van der Waals surface area contributed by atoms with E-state index in [-0.39, 0.29) is 18.0 Å². The second-order valence-electron chi connectivity index (χ2n) is 5.17. The number of hydrogen-bond acceptors (Lipinski definition) is 3. The maximum absolute atomic E-state index is 12.8. The normalized spacial score (nSPS) is 18.4. The summed E-state index contributed by atoms with van der Waals surface area (Å²) in [7, 11) is 3.78. The molecule has 1 saturated heterocycles. The number of alkyl halides is 3. The summed E-state index contributed by atoms with van der Waals surface area (Å²) in [5, 5.41) is 3.04. The average molecular weight is 349 g/mol. The summed E-state index contributed by atoms with van der Waals surface area (Å²) < 4.78 is 38.5. The van der Waals surface area contributed by atoms with Crippen LogP contribution >= 0.6 is 21.6 Å². The van der Waals surface area contributed by atoms with Crippen molar-refractivity contribution in [2.24, 2.45) is 0 Å². The summed E-state index contributed by atoms with van der Waals surface area (Å²) in [6.45, 7) is 0. The Morgan fingerprint density at radius 3 is 2.73 bits per heavy atom. The first-order valence-corrected chi connectivity index (χ1v) is 9.59. The van der Waals surface area contributed by atoms with Crippen LogP contribution in [0.15, 0.2) is 24.3 Å². The van der Waals surface area contributed by atoms with Crippen molar-refractivity contribution in [1.82, 2.24) is 0 Å². The molecule has 1 aromatic carbocycles. The predicted octanol–water partition coefficient (Wildman–Crippen LogP) is 5.36. The summed E-state index contributed by atoms with van der Waals surface area (Å²) >= 11 is 0. The molecule has 0 bridgehead atoms. The number of nitrogens with one attached hydrogen (secondary N) is 1. The van der Waals surface area contributed by atoms with Gasteiger partial charge in [-0.15, -0.1) is 0 Å². The highest BCUT2D eigenvalue weighted by molar-refractivity contribution is 8.77. The Morgan fingerprint density at radius 2 is 2.05 bits per heavy atom. The maximum Gasteiger partial charge on any atom is 0.418 e. The fraction of sp³-hybridized carbons (Fsp3) is 0.533. The van der Waals surface area contributed by atoms with E-state index >= 15 is 0 Å². The monoisotopic (exact) mass is 349 g/mol. The molecule has 22 heavy (non-hydrogen) atoms. The largest absolute Gasteiger partial charge is 0.418 e. The third-order valence-electron chi connectivity index (χ3n) is 3.41. The van der Waals surface area contributed by atoms with Crippen molar-refractivity contribution in [3.8, 4) is 0 Å². The number of amides is 1. The lowest BCUT2D eigenvalue weighted by atomic mass is 10.1. The zero-order valence-electron chi connectivity index (χ0n) is 12.0. The summed E-state index contributed by atoms with van der Waals surface area (Å²) in [6.07, 6.45) is -0.267. The fourth-order valence-electron chi connectivity index (χ4n) is 2.27. The number of carbonyl (C=O) groups excluding carboxylic acids is 1. The molecule has 1 atom stereocenters. The summed E-state index contributed by atoms with van der Waals surface area (Å²) in [5.41, 5.74) is -0.967. The van der Waals surface area contributed by atoms with Gasteiger partial charge in [0.15, 0.2) is 0 Å². The van der Waals surface area contributed by atoms with E-state index in [4.69, 9.17) is 0 Å². The van der Waals surface area contributed by atoms with Crippen molar-refractivity contribution < 1.29 is 18.0 Å². The van der Waals surface area contributed by atoms with Crippen molar-refractivity contribution in [2.75, 3.05) is 11.1 Å². The van der Waals surface area contributed by atoms with Crippen LogP contribution in [0.1, 0.15) is 37.7 Å². The third kappa shape index (κ3) is 5.43. The van der Waals surface area contributed by atoms with E-state index in [1.54, 1.807) is 0 Å². The van der Waals surface area contributed by atoms with Crippen LogP contribution in [-0.4, -0.2) is 16.9 Å². The minimum absolute atomic E-state index is 0.164. The molecule has 1 fully saturated rings. The second-order valence-corrected chi connectivity index (χ2v) is 7.95. The highest BCUT2D eigenvalue weighted by atomic mass is 33.1. The lowest BCUT2D eigenvalue weighted by molar-refractivity contribution is -0.137. The number of carbonyl (C=O) groups is 1. The van der Waals surface area contributed by atoms with E-state index < -0.39 is 11.7 Å². The van der Waals surface area contributed by atoms with Crippen LogP contribution in [0.25, 0.3) is 0 Å². The molecule has 0 saturated carbocycles. The van der Waals surface area contributed by atoms with Crippen LogP contribution in [0.2, 0.25) is 0 Å². The predicted molar refractivity (Wildman–Crippen MR) is 87.0 cm³/mol. The first-order valence-electron chi connectivity index (χ1n) is 7.21. The Morgan fingerprint density at radius 1 is 1.27 bits per heavy atom. The van der Waals surface area contributed by atoms with E-state index in [0.29, 0.717) is 11.7 Å². The standard InChI is InChI=1S/C15H18F3NOS2/c16-15(17,18)12-6-2-3-7-13(12)19-14(20)8-4-1-5-11-9-10-21-22-11/h2-3,6-7,11H,1,4-5,8-10H2,(H,19,20). The molecule has 0 aromatic heterocycles. The topological polar surface area (TPSA) is 29.1 Å². The molecule has 0 aliphatic carbocycles. The molecule has 2 nitrogen and oxygen atoms in total. The van der Waals surface area contributed by atoms with Crippen molar-refractivity contribution in [3.05, 3.63) is 29.8 Å². The number of hydrogen-bond donors (Lipinski definition) is 1. The lowest BCUT2D eigenvalue weighted by Crippen LogP contribution is -2.16. The number of para-hydroxylation sites is 1. The van der Waals surface area contributed by atoms with Gasteiger partial charge in [-0.1, -0.05) is 40.1 Å². The molecule has 1 unspecified atom stereocenters. The highest BCUT2D eigenvalue weighted by Crippen LogP contribution is 2.40. The van der Waals surface area contributed by atoms with Crippen molar-refractivity contribution in [3.63, 3.8) is 0 Å². The number of rotatable bonds is 6. The van der Waals surface area contributed by atoms with Crippen LogP contribution < -0.4 is 5.32 Å². The summed E-state index contributed by atoms with van der Waals surface area (Å²) in [5.74, 6) is 0.828. The Hall–Kier alpha value is -0.820. The molecule has 1 heterocycles. The highest BCUT2D eigenvalue weighted by Gasteiger charge is 2.33. The Kier molecular flexibility index (Phi) is 6.50. The van der Waals surface area contributed by atoms with Gasteiger partial charge in [0.25, 0.3) is 0 Å². The molecular weight excluding hydrogens is 331 g/mol. The molecule has 7 heteroatoms. The molecule has 1 aromatic rings. The van der Waals surface area contributed by atoms with Crippen molar-refractivity contribution in [2.45, 2.75) is 43.5 Å². The van der Waals surface area contributed by atoms with E-state index in [1.165, 1.54) is 30.4 Å². The van der Waals surface area contributed by atoms with Gasteiger partial charge in [0.05, 0.1) is 11.3 Å². The van der Waals surface area contributed by atoms with Gasteiger partial charge in [-0.2, -0.15) is 13.2 Å². The first kappa shape index (κ1) is 17.5. The number of unbranched alkanes of at least 4 members (excludes halogenated alkanes) is 1. The molecular formula is C15H18F3NOS2. The van der Waals surface area contributed by atoms with E-state index in [1.807, 2.05) is 21.6 Å². The first-order chi connectivity index (χ1) is 10.5. The summed E-state index contributed by atoms with van der Waals surface area (Å²) in [4.78, 5) is 11.8. The van der Waals surface area contributed by atoms with Gasteiger partial charge in [0, 0.05) is 17.4 Å². The molecule has 1 aliphatic rings. The second kappa shape index (κ2) is 8.15. The fourth-order valence-corrected chi connectivity index (χ4v) is 5.30. The van der Waals surface area contributed by atoms with Crippen molar-refractivity contribution >= 4 is 33.2 Å². The van der Waals surface area contributed by atoms with Crippen LogP contribution in [0.3, 0.4) is 0 Å². The maximum atomic E-state index is 12.8. The van der Waals surface area contributed by atoms with E-state index in [2.05, 4.69) is 5.32 Å². The molecule has 2 rings (SSSR count). The summed E-state index contributed by atoms with van der Waals surface area (Å²) in [6, 6.07) is 5.06. The van der Waals surface area contributed by atoms with Gasteiger partial charge < -0.3 is 5.32 Å². The molecule has 0 spiro atoms. The molecule has 122 valence electrons. The number of anilines is 1. The lowest BCUT2D eigenvalue weighted by Gasteiger charge is -2.13. The zero-order chi connectivity index (χ0) is 16.0. The molecule has 1 N–H and O–H groups in total. The van der Waals surface area contributed by atoms with Gasteiger partial charge in [0.1, 0.15) is 0 Å². The molecule has 0 radical (unpaired) electrons. The average Bonchev–Trinajstić information content (AvgIpc) is 2.96. The SMILES string of the molecule is O=C(CCCCC1CCSS1)Nc1ccccc1C(F)(F)F. The Labute approximate surface area is 136 Å². The minimum atomic E-state index is -4.46. The van der Waals surface area contributed by atoms with Gasteiger partial charge in [-0.05, 0) is 31.4 Å². The molecule has 1 aliphatic heterocycles. The quantitative estimate of drug-likeness (QED) is 0.554. The van der Waals surface area contributed by atoms with Crippen LogP contribution in [-0.2, 0) is 11.0 Å². The minimum Gasteiger partial charge on any atom is -0.326 e. The van der Waals surface area contributed by atoms with E-state index in [9.17, 15) is 18.0 Å². The van der Waals surface area contributed by atoms with Gasteiger partial charge in [-0.3, -0.25) is 4.79 Å². The number of halogens is 3. The van der Waals surface area contributed by atoms with Gasteiger partial charge in [-0.25, -0.2) is 0 Å². The molecule has 1 amide bonds. The third-order valence-corrected chi connectivity index (χ3v) is 6.42. The van der Waals surface area contributed by atoms with Crippen molar-refractivity contribution in [1.29, 1.82) is 0 Å². The smallest absolute Gasteiger partial charge is 0.326 e.